The number of fused-ring (bicyclic) bond motifs is 2. The maximum atomic E-state index is 14.0. The lowest BCUT2D eigenvalue weighted by Crippen LogP contribution is -2.34. The molecule has 1 unspecified atom stereocenters. The van der Waals surface area contributed by atoms with E-state index in [4.69, 9.17) is 0 Å². The third-order valence-electron chi connectivity index (χ3n) is 7.29. The molecule has 0 spiro atoms. The number of nitrogens with one attached hydrogen (secondary N) is 2. The number of thioether (sulfide) groups is 1. The molecule has 5 aromatic rings. The maximum absolute atomic E-state index is 14.0. The van der Waals surface area contributed by atoms with E-state index in [1.165, 1.54) is 11.8 Å². The van der Waals surface area contributed by atoms with Crippen LogP contribution >= 0.6 is 23.5 Å². The monoisotopic (exact) mass is 641 g/mol. The average Bonchev–Trinajstić information content (AvgIpc) is 3.07. The Morgan fingerprint density at radius 1 is 0.761 bits per heavy atom. The minimum Gasteiger partial charge on any atom is -0.321 e. The molecule has 0 aromatic heterocycles. The molecule has 3 amide bonds. The maximum Gasteiger partial charge on any atom is 0.272 e. The molecule has 6 nitrogen and oxygen atoms in total. The van der Waals surface area contributed by atoms with E-state index in [1.54, 1.807) is 48.2 Å². The Bertz CT molecular complexity index is 1910. The van der Waals surface area contributed by atoms with E-state index in [0.29, 0.717) is 11.3 Å². The second-order valence-electron chi connectivity index (χ2n) is 10.7. The van der Waals surface area contributed by atoms with Crippen LogP contribution in [0.1, 0.15) is 28.4 Å². The summed E-state index contributed by atoms with van der Waals surface area (Å²) in [6, 6.07) is 39.7. The molecule has 0 bridgehead atoms. The normalized spacial score (nSPS) is 12.8. The molecule has 0 fully saturated rings. The van der Waals surface area contributed by atoms with E-state index < -0.39 is 11.2 Å². The first-order chi connectivity index (χ1) is 22.4. The highest BCUT2D eigenvalue weighted by Crippen LogP contribution is 2.48. The van der Waals surface area contributed by atoms with Gasteiger partial charge in [-0.05, 0) is 80.1 Å². The number of benzene rings is 5. The first-order valence-corrected chi connectivity index (χ1v) is 16.5. The molecule has 0 aliphatic carbocycles. The zero-order valence-corrected chi connectivity index (χ0v) is 26.9. The van der Waals surface area contributed by atoms with Crippen LogP contribution < -0.4 is 15.5 Å². The summed E-state index contributed by atoms with van der Waals surface area (Å²) < 4.78 is 0. The number of carbonyl (C=O) groups is 3. The topological polar surface area (TPSA) is 78.5 Å². The van der Waals surface area contributed by atoms with Gasteiger partial charge in [-0.1, -0.05) is 90.1 Å². The summed E-state index contributed by atoms with van der Waals surface area (Å²) in [5, 5.41) is 5.30. The van der Waals surface area contributed by atoms with Crippen molar-refractivity contribution >= 4 is 64.4 Å². The van der Waals surface area contributed by atoms with Crippen LogP contribution in [0.25, 0.3) is 6.08 Å². The van der Waals surface area contributed by atoms with Gasteiger partial charge in [0.1, 0.15) is 5.70 Å². The molecule has 1 aliphatic heterocycles. The highest BCUT2D eigenvalue weighted by Gasteiger charge is 2.31. The van der Waals surface area contributed by atoms with Gasteiger partial charge >= 0.3 is 0 Å². The van der Waals surface area contributed by atoms with Gasteiger partial charge in [0.05, 0.1) is 16.6 Å². The van der Waals surface area contributed by atoms with Gasteiger partial charge in [0, 0.05) is 25.9 Å². The number of rotatable bonds is 8. The van der Waals surface area contributed by atoms with Crippen LogP contribution in [0.3, 0.4) is 0 Å². The zero-order valence-electron chi connectivity index (χ0n) is 25.3. The number of amides is 3. The van der Waals surface area contributed by atoms with Crippen LogP contribution in [0.2, 0.25) is 0 Å². The fraction of sp³-hybridized carbons (Fsp3) is 0.0789. The fourth-order valence-electron chi connectivity index (χ4n) is 5.09. The lowest BCUT2D eigenvalue weighted by atomic mass is 10.1. The molecular weight excluding hydrogens is 611 g/mol. The number of para-hydroxylation sites is 2. The number of aryl methyl sites for hydroxylation is 1. The predicted molar refractivity (Wildman–Crippen MR) is 188 cm³/mol. The van der Waals surface area contributed by atoms with Gasteiger partial charge in [0.25, 0.3) is 11.8 Å². The van der Waals surface area contributed by atoms with Gasteiger partial charge < -0.3 is 10.6 Å². The van der Waals surface area contributed by atoms with Crippen molar-refractivity contribution in [3.8, 4) is 0 Å². The van der Waals surface area contributed by atoms with E-state index in [0.717, 1.165) is 37.2 Å². The van der Waals surface area contributed by atoms with Gasteiger partial charge in [0.15, 0.2) is 0 Å². The van der Waals surface area contributed by atoms with Crippen LogP contribution in [0.5, 0.6) is 0 Å². The van der Waals surface area contributed by atoms with Crippen molar-refractivity contribution in [2.24, 2.45) is 0 Å². The minimum atomic E-state index is -0.462. The van der Waals surface area contributed by atoms with E-state index in [1.807, 2.05) is 116 Å². The minimum absolute atomic E-state index is 0.0355. The van der Waals surface area contributed by atoms with E-state index in [9.17, 15) is 14.4 Å². The zero-order chi connectivity index (χ0) is 32.0. The SMILES string of the molecule is Cc1cccc(/C=C(/NC(=O)c2ccccc2)C(=O)Nc2cccc(SC(C)C(=O)N3c4ccccc4Sc4ccccc43)c2)c1. The molecule has 1 heterocycles. The smallest absolute Gasteiger partial charge is 0.272 e. The largest absolute Gasteiger partial charge is 0.321 e. The Morgan fingerprint density at radius 2 is 1.41 bits per heavy atom. The molecule has 228 valence electrons. The summed E-state index contributed by atoms with van der Waals surface area (Å²) in [6.45, 7) is 3.86. The van der Waals surface area contributed by atoms with Crippen LogP contribution in [0.4, 0.5) is 17.1 Å². The van der Waals surface area contributed by atoms with Crippen molar-refractivity contribution in [1.82, 2.24) is 5.32 Å². The van der Waals surface area contributed by atoms with Crippen LogP contribution in [0.15, 0.2) is 148 Å². The lowest BCUT2D eigenvalue weighted by Gasteiger charge is -2.32. The van der Waals surface area contributed by atoms with Crippen LogP contribution in [-0.2, 0) is 9.59 Å². The van der Waals surface area contributed by atoms with Crippen molar-refractivity contribution in [3.63, 3.8) is 0 Å². The molecule has 0 saturated heterocycles. The Balaban J connectivity index is 1.21. The quantitative estimate of drug-likeness (QED) is 0.131. The molecule has 0 saturated carbocycles. The Hall–Kier alpha value is -5.05. The Morgan fingerprint density at radius 3 is 2.11 bits per heavy atom. The fourth-order valence-corrected chi connectivity index (χ4v) is 7.12. The van der Waals surface area contributed by atoms with E-state index >= 15 is 0 Å². The number of hydrogen-bond acceptors (Lipinski definition) is 5. The second-order valence-corrected chi connectivity index (χ2v) is 13.2. The third kappa shape index (κ3) is 7.09. The third-order valence-corrected chi connectivity index (χ3v) is 9.50. The summed E-state index contributed by atoms with van der Waals surface area (Å²) >= 11 is 3.08. The molecule has 0 radical (unpaired) electrons. The van der Waals surface area contributed by atoms with Crippen molar-refractivity contribution < 1.29 is 14.4 Å². The predicted octanol–water partition coefficient (Wildman–Crippen LogP) is 8.71. The highest BCUT2D eigenvalue weighted by atomic mass is 32.2. The van der Waals surface area contributed by atoms with Crippen molar-refractivity contribution in [3.05, 3.63) is 150 Å². The molecule has 5 aromatic carbocycles. The number of hydrogen-bond donors (Lipinski definition) is 2. The Labute approximate surface area is 276 Å². The Kier molecular flexibility index (Phi) is 9.38. The van der Waals surface area contributed by atoms with Gasteiger partial charge in [0.2, 0.25) is 5.91 Å². The summed E-state index contributed by atoms with van der Waals surface area (Å²) in [5.41, 5.74) is 4.66. The number of carbonyl (C=O) groups excluding carboxylic acids is 3. The van der Waals surface area contributed by atoms with Gasteiger partial charge in [-0.2, -0.15) is 0 Å². The first-order valence-electron chi connectivity index (χ1n) is 14.8. The second kappa shape index (κ2) is 13.9. The lowest BCUT2D eigenvalue weighted by molar-refractivity contribution is -0.117. The summed E-state index contributed by atoms with van der Waals surface area (Å²) in [7, 11) is 0. The van der Waals surface area contributed by atoms with Crippen LogP contribution in [-0.4, -0.2) is 23.0 Å². The van der Waals surface area contributed by atoms with Gasteiger partial charge in [-0.25, -0.2) is 0 Å². The standard InChI is InChI=1S/C38H31N3O3S2/c1-25-12-10-13-27(22-25)23-31(40-36(42)28-14-4-3-5-15-28)37(43)39-29-16-11-17-30(24-29)45-26(2)38(44)41-32-18-6-8-20-34(32)46-35-21-9-7-19-33(35)41/h3-24,26H,1-2H3,(H,39,43)(H,40,42)/b31-23+. The molecular formula is C38H31N3O3S2. The molecule has 1 aliphatic rings. The van der Waals surface area contributed by atoms with E-state index in [2.05, 4.69) is 10.6 Å². The summed E-state index contributed by atoms with van der Waals surface area (Å²) in [5.74, 6) is -0.881. The van der Waals surface area contributed by atoms with Gasteiger partial charge in [-0.3, -0.25) is 19.3 Å². The molecule has 1 atom stereocenters. The molecule has 46 heavy (non-hydrogen) atoms. The molecule has 6 rings (SSSR count). The molecule has 8 heteroatoms. The van der Waals surface area contributed by atoms with Gasteiger partial charge in [-0.15, -0.1) is 11.8 Å². The molecule has 2 N–H and O–H groups in total. The van der Waals surface area contributed by atoms with Crippen molar-refractivity contribution in [2.45, 2.75) is 33.8 Å². The average molecular weight is 642 g/mol. The van der Waals surface area contributed by atoms with Crippen molar-refractivity contribution in [1.29, 1.82) is 0 Å². The number of anilines is 3. The summed E-state index contributed by atoms with van der Waals surface area (Å²) in [4.78, 5) is 45.3. The van der Waals surface area contributed by atoms with E-state index in [-0.39, 0.29) is 17.5 Å². The number of nitrogens with zero attached hydrogens (tertiary/aromatic N) is 1. The van der Waals surface area contributed by atoms with Crippen LogP contribution in [0, 0.1) is 6.92 Å². The summed E-state index contributed by atoms with van der Waals surface area (Å²) in [6.07, 6.45) is 1.66. The highest BCUT2D eigenvalue weighted by molar-refractivity contribution is 8.00. The van der Waals surface area contributed by atoms with Crippen molar-refractivity contribution in [2.75, 3.05) is 10.2 Å². The first kappa shape index (κ1) is 31.0.